The first kappa shape index (κ1) is 9.82. The third-order valence-electron chi connectivity index (χ3n) is 3.46. The predicted octanol–water partition coefficient (Wildman–Crippen LogP) is 3.34. The number of piperidine rings is 1. The first-order chi connectivity index (χ1) is 6.92. The Kier molecular flexibility index (Phi) is 3.28. The van der Waals surface area contributed by atoms with Crippen molar-refractivity contribution in [1.82, 2.24) is 4.90 Å². The summed E-state index contributed by atoms with van der Waals surface area (Å²) in [6.07, 6.45) is 12.5. The van der Waals surface area contributed by atoms with E-state index < -0.39 is 0 Å². The van der Waals surface area contributed by atoms with Crippen LogP contribution in [0.4, 0.5) is 0 Å². The molecule has 14 heavy (non-hydrogen) atoms. The number of allylic oxidation sites excluding steroid dienone is 3. The van der Waals surface area contributed by atoms with Crippen molar-refractivity contribution in [3.8, 4) is 0 Å². The molecular weight excluding hydrogens is 170 g/mol. The van der Waals surface area contributed by atoms with Crippen LogP contribution in [0.15, 0.2) is 24.4 Å². The molecule has 2 aliphatic rings. The zero-order valence-electron chi connectivity index (χ0n) is 9.04. The van der Waals surface area contributed by atoms with Gasteiger partial charge in [0.2, 0.25) is 0 Å². The molecule has 1 heterocycles. The second-order valence-electron chi connectivity index (χ2n) is 4.48. The summed E-state index contributed by atoms with van der Waals surface area (Å²) in [4.78, 5) is 2.62. The lowest BCUT2D eigenvalue weighted by Crippen LogP contribution is -2.31. The average Bonchev–Trinajstić information content (AvgIpc) is 2.68. The van der Waals surface area contributed by atoms with Crippen molar-refractivity contribution < 1.29 is 0 Å². The summed E-state index contributed by atoms with van der Waals surface area (Å²) < 4.78 is 0. The van der Waals surface area contributed by atoms with Gasteiger partial charge < -0.3 is 4.90 Å². The molecule has 0 bridgehead atoms. The normalized spacial score (nSPS) is 27.6. The maximum atomic E-state index is 3.86. The fourth-order valence-electron chi connectivity index (χ4n) is 2.73. The third kappa shape index (κ3) is 2.02. The molecule has 0 aromatic rings. The first-order valence-electron chi connectivity index (χ1n) is 5.97. The lowest BCUT2D eigenvalue weighted by Gasteiger charge is -2.33. The molecule has 1 saturated heterocycles. The van der Waals surface area contributed by atoms with Crippen molar-refractivity contribution in [1.29, 1.82) is 0 Å². The van der Waals surface area contributed by atoms with Crippen LogP contribution in [0, 0.1) is 5.92 Å². The van der Waals surface area contributed by atoms with Crippen molar-refractivity contribution in [2.24, 2.45) is 5.92 Å². The molecule has 2 rings (SSSR count). The van der Waals surface area contributed by atoms with Gasteiger partial charge in [0.1, 0.15) is 0 Å². The lowest BCUT2D eigenvalue weighted by atomic mass is 10.00. The Bertz CT molecular complexity index is 223. The summed E-state index contributed by atoms with van der Waals surface area (Å²) in [5, 5.41) is 0. The Morgan fingerprint density at radius 1 is 1.36 bits per heavy atom. The molecular formula is C13H21N. The molecule has 1 fully saturated rings. The van der Waals surface area contributed by atoms with E-state index in [0.717, 1.165) is 5.92 Å². The van der Waals surface area contributed by atoms with Gasteiger partial charge in [0.15, 0.2) is 0 Å². The van der Waals surface area contributed by atoms with Crippen LogP contribution in [0.1, 0.15) is 38.5 Å². The van der Waals surface area contributed by atoms with Crippen LogP contribution in [0.2, 0.25) is 0 Å². The minimum Gasteiger partial charge on any atom is -0.375 e. The van der Waals surface area contributed by atoms with Crippen molar-refractivity contribution in [2.75, 3.05) is 13.1 Å². The minimum absolute atomic E-state index is 0.783. The molecule has 0 radical (unpaired) electrons. The number of hydrogen-bond donors (Lipinski definition) is 0. The summed E-state index contributed by atoms with van der Waals surface area (Å²) in [5.41, 5.74) is 1.63. The summed E-state index contributed by atoms with van der Waals surface area (Å²) in [7, 11) is 0. The van der Waals surface area contributed by atoms with Crippen molar-refractivity contribution in [2.45, 2.75) is 38.5 Å². The largest absolute Gasteiger partial charge is 0.375 e. The molecule has 0 N–H and O–H groups in total. The van der Waals surface area contributed by atoms with Crippen molar-refractivity contribution >= 4 is 0 Å². The smallest absolute Gasteiger partial charge is 0.0175 e. The minimum atomic E-state index is 0.783. The second-order valence-corrected chi connectivity index (χ2v) is 4.48. The summed E-state index contributed by atoms with van der Waals surface area (Å²) in [6, 6.07) is 0. The van der Waals surface area contributed by atoms with Gasteiger partial charge in [-0.3, -0.25) is 0 Å². The van der Waals surface area contributed by atoms with Gasteiger partial charge in [-0.05, 0) is 38.5 Å². The molecule has 0 amide bonds. The van der Waals surface area contributed by atoms with E-state index in [0.29, 0.717) is 0 Å². The van der Waals surface area contributed by atoms with Gasteiger partial charge in [0.25, 0.3) is 0 Å². The maximum absolute atomic E-state index is 3.86. The number of nitrogens with zero attached hydrogens (tertiary/aromatic N) is 1. The van der Waals surface area contributed by atoms with E-state index in [1.807, 2.05) is 0 Å². The molecule has 1 aliphatic heterocycles. The van der Waals surface area contributed by atoms with E-state index in [4.69, 9.17) is 0 Å². The van der Waals surface area contributed by atoms with E-state index >= 15 is 0 Å². The zero-order valence-corrected chi connectivity index (χ0v) is 9.04. The van der Waals surface area contributed by atoms with Crippen LogP contribution in [-0.2, 0) is 0 Å². The molecule has 1 unspecified atom stereocenters. The Balaban J connectivity index is 1.97. The van der Waals surface area contributed by atoms with E-state index in [1.165, 1.54) is 51.6 Å². The average molecular weight is 191 g/mol. The van der Waals surface area contributed by atoms with E-state index in [2.05, 4.69) is 23.6 Å². The van der Waals surface area contributed by atoms with Gasteiger partial charge in [0.05, 0.1) is 0 Å². The van der Waals surface area contributed by atoms with Gasteiger partial charge in [-0.25, -0.2) is 0 Å². The van der Waals surface area contributed by atoms with Crippen LogP contribution >= 0.6 is 0 Å². The van der Waals surface area contributed by atoms with E-state index in [9.17, 15) is 0 Å². The molecule has 0 aromatic heterocycles. The van der Waals surface area contributed by atoms with Crippen molar-refractivity contribution in [3.05, 3.63) is 24.4 Å². The third-order valence-corrected chi connectivity index (χ3v) is 3.46. The molecule has 0 spiro atoms. The van der Waals surface area contributed by atoms with Gasteiger partial charge >= 0.3 is 0 Å². The Morgan fingerprint density at radius 2 is 2.14 bits per heavy atom. The van der Waals surface area contributed by atoms with Gasteiger partial charge in [0, 0.05) is 24.7 Å². The number of rotatable bonds is 3. The highest BCUT2D eigenvalue weighted by Gasteiger charge is 2.23. The highest BCUT2D eigenvalue weighted by molar-refractivity contribution is 5.13. The van der Waals surface area contributed by atoms with Gasteiger partial charge in [-0.2, -0.15) is 0 Å². The Hall–Kier alpha value is -0.720. The molecule has 0 saturated carbocycles. The van der Waals surface area contributed by atoms with Crippen LogP contribution in [-0.4, -0.2) is 18.0 Å². The lowest BCUT2D eigenvalue weighted by molar-refractivity contribution is 0.259. The number of hydrogen-bond acceptors (Lipinski definition) is 1. The molecule has 1 atom stereocenters. The van der Waals surface area contributed by atoms with Crippen LogP contribution in [0.3, 0.4) is 0 Å². The van der Waals surface area contributed by atoms with Crippen LogP contribution in [0.25, 0.3) is 0 Å². The second kappa shape index (κ2) is 4.68. The van der Waals surface area contributed by atoms with Crippen LogP contribution < -0.4 is 0 Å². The van der Waals surface area contributed by atoms with E-state index in [-0.39, 0.29) is 0 Å². The molecule has 1 nitrogen and oxygen atoms in total. The van der Waals surface area contributed by atoms with E-state index in [1.54, 1.807) is 5.70 Å². The fourth-order valence-corrected chi connectivity index (χ4v) is 2.73. The monoisotopic (exact) mass is 191 g/mol. The highest BCUT2D eigenvalue weighted by atomic mass is 15.1. The molecule has 0 aromatic carbocycles. The fraction of sp³-hybridized carbons (Fsp3) is 0.692. The van der Waals surface area contributed by atoms with Gasteiger partial charge in [-0.15, -0.1) is 6.58 Å². The standard InChI is InChI=1S/C13H21N/c1-2-7-12-8-6-9-13(12)14-10-4-3-5-11-14/h2,9,12H,1,3-8,10-11H2. The SMILES string of the molecule is C=CCC1CCC=C1N1CCCCC1. The van der Waals surface area contributed by atoms with Gasteiger partial charge in [-0.1, -0.05) is 12.2 Å². The molecule has 78 valence electrons. The summed E-state index contributed by atoms with van der Waals surface area (Å²) in [6.45, 7) is 6.44. The van der Waals surface area contributed by atoms with Crippen LogP contribution in [0.5, 0.6) is 0 Å². The zero-order chi connectivity index (χ0) is 9.80. The number of likely N-dealkylation sites (tertiary alicyclic amines) is 1. The first-order valence-corrected chi connectivity index (χ1v) is 5.97. The van der Waals surface area contributed by atoms with Crippen molar-refractivity contribution in [3.63, 3.8) is 0 Å². The predicted molar refractivity (Wildman–Crippen MR) is 61.0 cm³/mol. The summed E-state index contributed by atoms with van der Waals surface area (Å²) in [5.74, 6) is 0.783. The topological polar surface area (TPSA) is 3.24 Å². The molecule has 1 heteroatoms. The molecule has 1 aliphatic carbocycles. The summed E-state index contributed by atoms with van der Waals surface area (Å²) >= 11 is 0. The Labute approximate surface area is 87.5 Å². The Morgan fingerprint density at radius 3 is 2.86 bits per heavy atom. The maximum Gasteiger partial charge on any atom is 0.0175 e. The highest BCUT2D eigenvalue weighted by Crippen LogP contribution is 2.32. The quantitative estimate of drug-likeness (QED) is 0.618.